The van der Waals surface area contributed by atoms with Crippen molar-refractivity contribution in [2.45, 2.75) is 51.0 Å². The Labute approximate surface area is 238 Å². The minimum atomic E-state index is -2.15. The number of aliphatic carboxylic acids is 1. The van der Waals surface area contributed by atoms with E-state index in [4.69, 9.17) is 4.74 Å². The van der Waals surface area contributed by atoms with Crippen LogP contribution in [0, 0.1) is 0 Å². The van der Waals surface area contributed by atoms with Crippen LogP contribution in [0.1, 0.15) is 42.9 Å². The van der Waals surface area contributed by atoms with Crippen LogP contribution in [0.4, 0.5) is 10.1 Å². The van der Waals surface area contributed by atoms with Crippen molar-refractivity contribution >= 4 is 29.2 Å². The van der Waals surface area contributed by atoms with Gasteiger partial charge in [0.25, 0.3) is 0 Å². The number of benzene rings is 3. The van der Waals surface area contributed by atoms with Gasteiger partial charge in [-0.05, 0) is 37.9 Å². The highest BCUT2D eigenvalue weighted by molar-refractivity contribution is 6.17. The van der Waals surface area contributed by atoms with E-state index in [0.29, 0.717) is 29.8 Å². The number of aliphatic imine (C=N–C) groups is 1. The second-order valence-corrected chi connectivity index (χ2v) is 9.80. The van der Waals surface area contributed by atoms with Crippen LogP contribution < -0.4 is 5.32 Å². The number of hydrogen-bond donors (Lipinski definition) is 2. The number of carbonyl (C=O) groups is 3. The average Bonchev–Trinajstić information content (AvgIpc) is 3.45. The zero-order chi connectivity index (χ0) is 29.2. The molecule has 0 aromatic heterocycles. The molecule has 0 bridgehead atoms. The van der Waals surface area contributed by atoms with Gasteiger partial charge in [-0.25, -0.2) is 14.0 Å². The summed E-state index contributed by atoms with van der Waals surface area (Å²) in [6.07, 6.45) is -1.22. The number of nitrogens with zero attached hydrogens (tertiary/aromatic N) is 2. The van der Waals surface area contributed by atoms with Gasteiger partial charge in [0.15, 0.2) is 12.2 Å². The molecule has 0 spiro atoms. The maximum absolute atomic E-state index is 14.6. The van der Waals surface area contributed by atoms with Gasteiger partial charge in [-0.15, -0.1) is 0 Å². The molecule has 3 atom stereocenters. The molecule has 0 aliphatic carbocycles. The minimum Gasteiger partial charge on any atom is -0.480 e. The van der Waals surface area contributed by atoms with Crippen molar-refractivity contribution in [1.29, 1.82) is 0 Å². The quantitative estimate of drug-likeness (QED) is 0.243. The summed E-state index contributed by atoms with van der Waals surface area (Å²) in [6.45, 7) is 2.98. The zero-order valence-corrected chi connectivity index (χ0v) is 22.9. The van der Waals surface area contributed by atoms with Crippen molar-refractivity contribution in [2.75, 3.05) is 18.5 Å². The highest BCUT2D eigenvalue weighted by atomic mass is 18.2. The van der Waals surface area contributed by atoms with E-state index in [-0.39, 0.29) is 24.3 Å². The molecule has 3 unspecified atom stereocenters. The molecule has 2 N–H and O–H groups in total. The molecular weight excluding hydrogens is 524 g/mol. The molecular formula is C32H34FN3O5. The third kappa shape index (κ3) is 7.85. The number of amides is 1. The van der Waals surface area contributed by atoms with Gasteiger partial charge in [0.05, 0.1) is 24.0 Å². The van der Waals surface area contributed by atoms with E-state index in [1.165, 1.54) is 0 Å². The predicted molar refractivity (Wildman–Crippen MR) is 155 cm³/mol. The highest BCUT2D eigenvalue weighted by Gasteiger charge is 2.32. The van der Waals surface area contributed by atoms with Crippen LogP contribution in [-0.2, 0) is 25.7 Å². The van der Waals surface area contributed by atoms with E-state index in [1.54, 1.807) is 55.5 Å². The van der Waals surface area contributed by atoms with E-state index in [2.05, 4.69) is 15.2 Å². The molecule has 4 rings (SSSR count). The molecule has 9 heteroatoms. The maximum atomic E-state index is 14.6. The third-order valence-electron chi connectivity index (χ3n) is 6.92. The molecule has 1 aliphatic rings. The van der Waals surface area contributed by atoms with Crippen molar-refractivity contribution in [1.82, 2.24) is 4.90 Å². The molecule has 3 aromatic rings. The summed E-state index contributed by atoms with van der Waals surface area (Å²) in [6, 6.07) is 23.9. The van der Waals surface area contributed by atoms with Gasteiger partial charge in [-0.1, -0.05) is 78.9 Å². The molecule has 3 aromatic carbocycles. The first-order valence-electron chi connectivity index (χ1n) is 13.7. The van der Waals surface area contributed by atoms with Crippen molar-refractivity contribution in [3.8, 4) is 0 Å². The Kier molecular flexibility index (Phi) is 10.3. The highest BCUT2D eigenvalue weighted by Crippen LogP contribution is 2.25. The Balaban J connectivity index is 1.64. The van der Waals surface area contributed by atoms with Crippen molar-refractivity contribution in [2.24, 2.45) is 4.99 Å². The Morgan fingerprint density at radius 1 is 1.02 bits per heavy atom. The first kappa shape index (κ1) is 29.6. The van der Waals surface area contributed by atoms with Crippen LogP contribution in [0.25, 0.3) is 0 Å². The fourth-order valence-corrected chi connectivity index (χ4v) is 4.93. The van der Waals surface area contributed by atoms with E-state index in [9.17, 15) is 23.9 Å². The standard InChI is InChI=1S/C32H34FN3O5/c1-2-41-32(40)25(33)20-27(31(38)39)34-29(23-14-7-4-8-15-23)24-16-9-10-17-26(24)35-30(37)28-18-11-19-36(28)21-22-12-5-3-6-13-22/h3-10,12-17,25,27-28H,2,11,18-21H2,1H3,(H,35,37)(H,38,39)/i33-1. The zero-order valence-electron chi connectivity index (χ0n) is 22.9. The van der Waals surface area contributed by atoms with E-state index in [0.717, 1.165) is 18.5 Å². The van der Waals surface area contributed by atoms with Crippen LogP contribution in [0.3, 0.4) is 0 Å². The molecule has 0 radical (unpaired) electrons. The Bertz CT molecular complexity index is 1370. The molecule has 8 nitrogen and oxygen atoms in total. The van der Waals surface area contributed by atoms with Gasteiger partial charge < -0.3 is 15.2 Å². The van der Waals surface area contributed by atoms with Gasteiger partial charge in [0, 0.05) is 24.1 Å². The van der Waals surface area contributed by atoms with Gasteiger partial charge in [-0.2, -0.15) is 0 Å². The number of carboxylic acid groups (broad SMARTS) is 1. The largest absolute Gasteiger partial charge is 0.480 e. The second-order valence-electron chi connectivity index (χ2n) is 9.80. The lowest BCUT2D eigenvalue weighted by atomic mass is 9.99. The maximum Gasteiger partial charge on any atom is 0.340 e. The second kappa shape index (κ2) is 14.3. The summed E-state index contributed by atoms with van der Waals surface area (Å²) in [5.74, 6) is -2.67. The van der Waals surface area contributed by atoms with Crippen LogP contribution >= 0.6 is 0 Å². The van der Waals surface area contributed by atoms with Crippen LogP contribution in [-0.4, -0.2) is 65.0 Å². The third-order valence-corrected chi connectivity index (χ3v) is 6.92. The molecule has 41 heavy (non-hydrogen) atoms. The van der Waals surface area contributed by atoms with Gasteiger partial charge in [-0.3, -0.25) is 14.7 Å². The number of alkyl halides is 1. The summed E-state index contributed by atoms with van der Waals surface area (Å²) < 4.78 is 19.3. The van der Waals surface area contributed by atoms with Gasteiger partial charge in [0.1, 0.15) is 0 Å². The number of nitrogens with one attached hydrogen (secondary N) is 1. The van der Waals surface area contributed by atoms with Crippen molar-refractivity contribution < 1.29 is 28.6 Å². The topological polar surface area (TPSA) is 108 Å². The lowest BCUT2D eigenvalue weighted by Crippen LogP contribution is -2.39. The lowest BCUT2D eigenvalue weighted by molar-refractivity contribution is -0.150. The Hall–Kier alpha value is -4.37. The van der Waals surface area contributed by atoms with Crippen molar-refractivity contribution in [3.05, 3.63) is 102 Å². The number of ether oxygens (including phenoxy) is 1. The number of para-hydroxylation sites is 1. The molecule has 1 amide bonds. The number of likely N-dealkylation sites (tertiary alicyclic amines) is 1. The van der Waals surface area contributed by atoms with Crippen LogP contribution in [0.15, 0.2) is 89.9 Å². The first-order chi connectivity index (χ1) is 19.9. The number of carbonyl (C=O) groups excluding carboxylic acids is 2. The summed E-state index contributed by atoms with van der Waals surface area (Å²) in [5.41, 5.74) is 2.91. The average molecular weight is 559 g/mol. The fourth-order valence-electron chi connectivity index (χ4n) is 4.93. The number of esters is 1. The smallest absolute Gasteiger partial charge is 0.340 e. The Morgan fingerprint density at radius 2 is 1.68 bits per heavy atom. The summed E-state index contributed by atoms with van der Waals surface area (Å²) in [5, 5.41) is 12.9. The van der Waals surface area contributed by atoms with E-state index >= 15 is 0 Å². The van der Waals surface area contributed by atoms with Crippen molar-refractivity contribution in [3.63, 3.8) is 0 Å². The Morgan fingerprint density at radius 3 is 2.37 bits per heavy atom. The summed E-state index contributed by atoms with van der Waals surface area (Å²) in [7, 11) is 0. The summed E-state index contributed by atoms with van der Waals surface area (Å²) >= 11 is 0. The SMILES string of the molecule is CCOC(=O)C([18F])CC(N=C(c1ccccc1)c1ccccc1NC(=O)C1CCCN1Cc1ccccc1)C(=O)O. The molecule has 1 heterocycles. The fraction of sp³-hybridized carbons (Fsp3) is 0.312. The van der Waals surface area contributed by atoms with Crippen LogP contribution in [0.2, 0.25) is 0 Å². The monoisotopic (exact) mass is 558 g/mol. The van der Waals surface area contributed by atoms with E-state index in [1.807, 2.05) is 36.4 Å². The van der Waals surface area contributed by atoms with Gasteiger partial charge in [0.2, 0.25) is 5.91 Å². The minimum absolute atomic E-state index is 0.0215. The number of halogens is 1. The lowest BCUT2D eigenvalue weighted by Gasteiger charge is -2.24. The first-order valence-corrected chi connectivity index (χ1v) is 13.7. The molecule has 1 aliphatic heterocycles. The molecule has 1 fully saturated rings. The molecule has 1 saturated heterocycles. The normalized spacial score (nSPS) is 17.0. The predicted octanol–water partition coefficient (Wildman–Crippen LogP) is 4.87. The molecule has 214 valence electrons. The summed E-state index contributed by atoms with van der Waals surface area (Å²) in [4.78, 5) is 44.2. The number of rotatable bonds is 12. The number of hydrogen-bond acceptors (Lipinski definition) is 6. The van der Waals surface area contributed by atoms with Gasteiger partial charge >= 0.3 is 11.9 Å². The van der Waals surface area contributed by atoms with Crippen LogP contribution in [0.5, 0.6) is 0 Å². The van der Waals surface area contributed by atoms with E-state index < -0.39 is 30.6 Å². The number of carboxylic acids is 1. The molecule has 0 saturated carbocycles. The number of anilines is 1.